The Bertz CT molecular complexity index is 487. The van der Waals surface area contributed by atoms with E-state index in [0.717, 1.165) is 5.71 Å². The molecule has 1 aliphatic rings. The van der Waals surface area contributed by atoms with Crippen LogP contribution in [0.5, 0.6) is 0 Å². The maximum absolute atomic E-state index is 13.6. The summed E-state index contributed by atoms with van der Waals surface area (Å²) in [4.78, 5) is 11.2. The van der Waals surface area contributed by atoms with Gasteiger partial charge in [-0.05, 0) is 24.1 Å². The van der Waals surface area contributed by atoms with Crippen LogP contribution in [0.3, 0.4) is 0 Å². The van der Waals surface area contributed by atoms with E-state index in [9.17, 15) is 9.18 Å². The molecule has 0 aromatic heterocycles. The molecule has 1 aromatic carbocycles. The fraction of sp³-hybridized carbons (Fsp3) is 0.333. The van der Waals surface area contributed by atoms with Gasteiger partial charge in [0.2, 0.25) is 5.91 Å². The van der Waals surface area contributed by atoms with Crippen molar-refractivity contribution in [3.8, 4) is 0 Å². The number of rotatable bonds is 2. The van der Waals surface area contributed by atoms with Crippen LogP contribution in [0.4, 0.5) is 4.39 Å². The number of benzene rings is 1. The SMILES string of the molecule is C[C@H]1CC(Cc2ccc(Cl)cc2F)=NNC1=O. The lowest BCUT2D eigenvalue weighted by atomic mass is 9.97. The highest BCUT2D eigenvalue weighted by atomic mass is 35.5. The molecule has 0 saturated carbocycles. The van der Waals surface area contributed by atoms with Crippen LogP contribution in [0.15, 0.2) is 23.3 Å². The van der Waals surface area contributed by atoms with E-state index in [2.05, 4.69) is 10.5 Å². The van der Waals surface area contributed by atoms with Gasteiger partial charge in [-0.25, -0.2) is 9.82 Å². The predicted molar refractivity (Wildman–Crippen MR) is 64.5 cm³/mol. The van der Waals surface area contributed by atoms with Crippen molar-refractivity contribution in [3.63, 3.8) is 0 Å². The van der Waals surface area contributed by atoms with Gasteiger partial charge in [-0.2, -0.15) is 5.10 Å². The third-order valence-corrected chi connectivity index (χ3v) is 2.96. The number of hydrogen-bond acceptors (Lipinski definition) is 2. The molecule has 1 aromatic rings. The van der Waals surface area contributed by atoms with Crippen molar-refractivity contribution in [2.45, 2.75) is 19.8 Å². The number of nitrogens with zero attached hydrogens (tertiary/aromatic N) is 1. The van der Waals surface area contributed by atoms with Gasteiger partial charge in [0.1, 0.15) is 5.82 Å². The summed E-state index contributed by atoms with van der Waals surface area (Å²) in [5.74, 6) is -0.548. The summed E-state index contributed by atoms with van der Waals surface area (Å²) in [5.41, 5.74) is 3.75. The molecule has 17 heavy (non-hydrogen) atoms. The Balaban J connectivity index is 2.14. The van der Waals surface area contributed by atoms with Crippen molar-refractivity contribution in [1.29, 1.82) is 0 Å². The van der Waals surface area contributed by atoms with Gasteiger partial charge >= 0.3 is 0 Å². The third kappa shape index (κ3) is 2.82. The molecule has 1 N–H and O–H groups in total. The molecule has 0 saturated heterocycles. The number of nitrogens with one attached hydrogen (secondary N) is 1. The minimum Gasteiger partial charge on any atom is -0.273 e. The first kappa shape index (κ1) is 12.0. The number of halogens is 2. The molecular formula is C12H12ClFN2O. The second kappa shape index (κ2) is 4.84. The third-order valence-electron chi connectivity index (χ3n) is 2.72. The zero-order valence-electron chi connectivity index (χ0n) is 9.34. The molecule has 0 fully saturated rings. The van der Waals surface area contributed by atoms with Crippen molar-refractivity contribution in [2.75, 3.05) is 0 Å². The summed E-state index contributed by atoms with van der Waals surface area (Å²) in [6, 6.07) is 4.56. The minimum atomic E-state index is -0.343. The van der Waals surface area contributed by atoms with Crippen LogP contribution in [-0.2, 0) is 11.2 Å². The molecule has 90 valence electrons. The second-order valence-electron chi connectivity index (χ2n) is 4.17. The first-order chi connectivity index (χ1) is 8.06. The fourth-order valence-electron chi connectivity index (χ4n) is 1.73. The monoisotopic (exact) mass is 254 g/mol. The van der Waals surface area contributed by atoms with Gasteiger partial charge in [-0.15, -0.1) is 0 Å². The zero-order valence-corrected chi connectivity index (χ0v) is 10.1. The topological polar surface area (TPSA) is 41.5 Å². The van der Waals surface area contributed by atoms with Crippen LogP contribution >= 0.6 is 11.6 Å². The van der Waals surface area contributed by atoms with E-state index in [1.54, 1.807) is 12.1 Å². The Kier molecular flexibility index (Phi) is 3.43. The lowest BCUT2D eigenvalue weighted by Crippen LogP contribution is -2.33. The normalized spacial score (nSPS) is 19.8. The van der Waals surface area contributed by atoms with Crippen LogP contribution in [0.2, 0.25) is 5.02 Å². The van der Waals surface area contributed by atoms with E-state index in [-0.39, 0.29) is 17.6 Å². The Morgan fingerprint density at radius 3 is 3.00 bits per heavy atom. The number of hydrogen-bond donors (Lipinski definition) is 1. The van der Waals surface area contributed by atoms with E-state index in [1.165, 1.54) is 6.07 Å². The smallest absolute Gasteiger partial charge is 0.243 e. The fourth-order valence-corrected chi connectivity index (χ4v) is 1.89. The summed E-state index contributed by atoms with van der Waals surface area (Å²) in [6.45, 7) is 1.82. The van der Waals surface area contributed by atoms with Crippen molar-refractivity contribution >= 4 is 23.2 Å². The first-order valence-corrected chi connectivity index (χ1v) is 5.73. The number of carbonyl (C=O) groups excluding carboxylic acids is 1. The Morgan fingerprint density at radius 1 is 1.59 bits per heavy atom. The lowest BCUT2D eigenvalue weighted by Gasteiger charge is -2.17. The van der Waals surface area contributed by atoms with Crippen LogP contribution in [0.1, 0.15) is 18.9 Å². The highest BCUT2D eigenvalue weighted by Gasteiger charge is 2.21. The van der Waals surface area contributed by atoms with Crippen LogP contribution in [0.25, 0.3) is 0 Å². The van der Waals surface area contributed by atoms with Crippen molar-refractivity contribution < 1.29 is 9.18 Å². The molecule has 0 bridgehead atoms. The molecule has 2 rings (SSSR count). The second-order valence-corrected chi connectivity index (χ2v) is 4.61. The highest BCUT2D eigenvalue weighted by Crippen LogP contribution is 2.18. The Hall–Kier alpha value is -1.42. The number of carbonyl (C=O) groups is 1. The largest absolute Gasteiger partial charge is 0.273 e. The van der Waals surface area contributed by atoms with Gasteiger partial charge in [0.15, 0.2) is 0 Å². The zero-order chi connectivity index (χ0) is 12.4. The average Bonchev–Trinajstić information content (AvgIpc) is 2.27. The molecular weight excluding hydrogens is 243 g/mol. The van der Waals surface area contributed by atoms with Crippen LogP contribution < -0.4 is 5.43 Å². The quantitative estimate of drug-likeness (QED) is 0.866. The van der Waals surface area contributed by atoms with Crippen LogP contribution in [0, 0.1) is 11.7 Å². The Morgan fingerprint density at radius 2 is 2.35 bits per heavy atom. The Labute approximate surface area is 104 Å². The predicted octanol–water partition coefficient (Wildman–Crippen LogP) is 2.53. The average molecular weight is 255 g/mol. The lowest BCUT2D eigenvalue weighted by molar-refractivity contribution is -0.124. The highest BCUT2D eigenvalue weighted by molar-refractivity contribution is 6.30. The maximum Gasteiger partial charge on any atom is 0.243 e. The van der Waals surface area contributed by atoms with Crippen molar-refractivity contribution in [3.05, 3.63) is 34.6 Å². The van der Waals surface area contributed by atoms with E-state index >= 15 is 0 Å². The van der Waals surface area contributed by atoms with E-state index in [4.69, 9.17) is 11.6 Å². The van der Waals surface area contributed by atoms with Crippen LogP contribution in [-0.4, -0.2) is 11.6 Å². The molecule has 0 unspecified atom stereocenters. The summed E-state index contributed by atoms with van der Waals surface area (Å²) >= 11 is 5.67. The molecule has 1 atom stereocenters. The van der Waals surface area contributed by atoms with E-state index < -0.39 is 0 Å². The molecule has 0 radical (unpaired) electrons. The molecule has 0 aliphatic carbocycles. The van der Waals surface area contributed by atoms with Crippen molar-refractivity contribution in [2.24, 2.45) is 11.0 Å². The first-order valence-electron chi connectivity index (χ1n) is 5.35. The van der Waals surface area contributed by atoms with E-state index in [0.29, 0.717) is 23.4 Å². The standard InChI is InChI=1S/C12H12ClFN2O/c1-7-4-10(15-16-12(7)17)5-8-2-3-9(13)6-11(8)14/h2-3,6-7H,4-5H2,1H3,(H,16,17)/t7-/m0/s1. The van der Waals surface area contributed by atoms with Gasteiger partial charge in [0.05, 0.1) is 0 Å². The van der Waals surface area contributed by atoms with Gasteiger partial charge in [0, 0.05) is 23.1 Å². The number of amides is 1. The molecule has 1 aliphatic heterocycles. The molecule has 0 spiro atoms. The molecule has 1 amide bonds. The van der Waals surface area contributed by atoms with Crippen molar-refractivity contribution in [1.82, 2.24) is 5.43 Å². The van der Waals surface area contributed by atoms with Gasteiger partial charge in [0.25, 0.3) is 0 Å². The maximum atomic E-state index is 13.6. The summed E-state index contributed by atoms with van der Waals surface area (Å²) < 4.78 is 13.6. The van der Waals surface area contributed by atoms with Gasteiger partial charge < -0.3 is 0 Å². The molecule has 1 heterocycles. The van der Waals surface area contributed by atoms with E-state index in [1.807, 2.05) is 6.92 Å². The van der Waals surface area contributed by atoms with Gasteiger partial charge in [-0.3, -0.25) is 4.79 Å². The molecule has 3 nitrogen and oxygen atoms in total. The minimum absolute atomic E-state index is 0.0923. The molecule has 5 heteroatoms. The summed E-state index contributed by atoms with van der Waals surface area (Å²) in [5, 5.41) is 4.31. The number of hydrazone groups is 1. The summed E-state index contributed by atoms with van der Waals surface area (Å²) in [7, 11) is 0. The summed E-state index contributed by atoms with van der Waals surface area (Å²) in [6.07, 6.45) is 0.960. The van der Waals surface area contributed by atoms with Gasteiger partial charge in [-0.1, -0.05) is 24.6 Å².